The van der Waals surface area contributed by atoms with E-state index in [1.165, 1.54) is 11.1 Å². The predicted octanol–water partition coefficient (Wildman–Crippen LogP) is 4.46. The molecule has 2 heterocycles. The van der Waals surface area contributed by atoms with Gasteiger partial charge in [-0.1, -0.05) is 13.8 Å². The highest BCUT2D eigenvalue weighted by atomic mass is 127. The van der Waals surface area contributed by atoms with Crippen LogP contribution in [0.15, 0.2) is 34.8 Å². The molecule has 3 rings (SSSR count). The summed E-state index contributed by atoms with van der Waals surface area (Å²) >= 11 is 1.72. The van der Waals surface area contributed by atoms with Gasteiger partial charge in [-0.15, -0.1) is 35.3 Å². The van der Waals surface area contributed by atoms with Crippen LogP contribution >= 0.6 is 35.3 Å². The zero-order chi connectivity index (χ0) is 19.2. The van der Waals surface area contributed by atoms with E-state index in [-0.39, 0.29) is 29.8 Å². The molecule has 0 saturated heterocycles. The van der Waals surface area contributed by atoms with Crippen LogP contribution in [-0.4, -0.2) is 36.1 Å². The molecule has 0 spiro atoms. The molecule has 152 valence electrons. The van der Waals surface area contributed by atoms with E-state index in [9.17, 15) is 4.39 Å². The molecule has 8 heteroatoms. The zero-order valence-corrected chi connectivity index (χ0v) is 19.5. The zero-order valence-electron chi connectivity index (χ0n) is 16.4. The molecule has 3 N–H and O–H groups in total. The Morgan fingerprint density at radius 2 is 2.00 bits per heavy atom. The maximum Gasteiger partial charge on any atom is 0.190 e. The second-order valence-corrected chi connectivity index (χ2v) is 7.65. The van der Waals surface area contributed by atoms with Crippen LogP contribution in [0, 0.1) is 5.82 Å². The average molecular weight is 515 g/mol. The van der Waals surface area contributed by atoms with Crippen molar-refractivity contribution in [3.63, 3.8) is 0 Å². The number of rotatable bonds is 7. The number of benzene rings is 1. The van der Waals surface area contributed by atoms with E-state index in [4.69, 9.17) is 0 Å². The maximum atomic E-state index is 13.5. The third kappa shape index (κ3) is 5.91. The van der Waals surface area contributed by atoms with Crippen LogP contribution in [0.1, 0.15) is 36.0 Å². The molecule has 0 unspecified atom stereocenters. The van der Waals surface area contributed by atoms with Crippen LogP contribution in [-0.2, 0) is 12.8 Å². The van der Waals surface area contributed by atoms with Gasteiger partial charge in [0, 0.05) is 55.0 Å². The number of nitrogens with zero attached hydrogens (tertiary/aromatic N) is 2. The van der Waals surface area contributed by atoms with Gasteiger partial charge in [-0.05, 0) is 30.2 Å². The first-order valence-corrected chi connectivity index (χ1v) is 10.1. The molecule has 5 nitrogen and oxygen atoms in total. The number of H-pyrrole nitrogens is 1. The third-order valence-corrected chi connectivity index (χ3v) is 5.57. The number of aliphatic imine (C=N–C) groups is 1. The fourth-order valence-electron chi connectivity index (χ4n) is 2.91. The molecule has 28 heavy (non-hydrogen) atoms. The molecule has 0 saturated carbocycles. The van der Waals surface area contributed by atoms with Crippen LogP contribution in [0.25, 0.3) is 10.9 Å². The summed E-state index contributed by atoms with van der Waals surface area (Å²) in [4.78, 5) is 12.1. The standard InChI is InChI=1S/C20H26FN5S.HI/c1-13(2)19-26-16(12-27-19)7-9-24-20(22-3)23-8-6-14-11-25-18-5-4-15(21)10-17(14)18;/h4-5,10-13,25H,6-9H2,1-3H3,(H2,22,23,24);1H. The minimum Gasteiger partial charge on any atom is -0.361 e. The normalized spacial score (nSPS) is 11.7. The van der Waals surface area contributed by atoms with Gasteiger partial charge in [0.2, 0.25) is 0 Å². The Hall–Kier alpha value is -1.68. The monoisotopic (exact) mass is 515 g/mol. The number of thiazole rings is 1. The molecule has 0 fully saturated rings. The number of halogens is 2. The summed E-state index contributed by atoms with van der Waals surface area (Å²) in [5.74, 6) is 1.03. The number of nitrogens with one attached hydrogen (secondary N) is 3. The van der Waals surface area contributed by atoms with Crippen molar-refractivity contribution in [2.75, 3.05) is 20.1 Å². The van der Waals surface area contributed by atoms with Crippen molar-refractivity contribution >= 4 is 52.2 Å². The van der Waals surface area contributed by atoms with Gasteiger partial charge in [-0.2, -0.15) is 0 Å². The SMILES string of the molecule is CN=C(NCCc1csc(C(C)C)n1)NCCc1c[nH]c2ccc(F)cc12.I. The van der Waals surface area contributed by atoms with Crippen LogP contribution in [0.3, 0.4) is 0 Å². The van der Waals surface area contributed by atoms with Gasteiger partial charge in [0.1, 0.15) is 5.82 Å². The van der Waals surface area contributed by atoms with E-state index in [1.807, 2.05) is 6.20 Å². The van der Waals surface area contributed by atoms with Gasteiger partial charge in [-0.25, -0.2) is 9.37 Å². The minimum absolute atomic E-state index is 0. The molecule has 0 aliphatic carbocycles. The fraction of sp³-hybridized carbons (Fsp3) is 0.400. The van der Waals surface area contributed by atoms with E-state index in [0.29, 0.717) is 5.92 Å². The van der Waals surface area contributed by atoms with Gasteiger partial charge < -0.3 is 15.6 Å². The summed E-state index contributed by atoms with van der Waals surface area (Å²) in [6.07, 6.45) is 3.59. The van der Waals surface area contributed by atoms with Crippen molar-refractivity contribution in [1.82, 2.24) is 20.6 Å². The van der Waals surface area contributed by atoms with E-state index < -0.39 is 0 Å². The van der Waals surface area contributed by atoms with E-state index in [2.05, 4.69) is 44.8 Å². The smallest absolute Gasteiger partial charge is 0.190 e. The van der Waals surface area contributed by atoms with Crippen LogP contribution in [0.5, 0.6) is 0 Å². The Balaban J connectivity index is 0.00000280. The van der Waals surface area contributed by atoms with Crippen molar-refractivity contribution in [3.05, 3.63) is 51.9 Å². The minimum atomic E-state index is -0.212. The van der Waals surface area contributed by atoms with Crippen LogP contribution in [0.2, 0.25) is 0 Å². The molecular weight excluding hydrogens is 488 g/mol. The van der Waals surface area contributed by atoms with Crippen LogP contribution in [0.4, 0.5) is 4.39 Å². The lowest BCUT2D eigenvalue weighted by Gasteiger charge is -2.11. The molecule has 2 aromatic heterocycles. The highest BCUT2D eigenvalue weighted by molar-refractivity contribution is 14.0. The molecule has 0 amide bonds. The number of aromatic amines is 1. The molecule has 1 aromatic carbocycles. The number of aromatic nitrogens is 2. The molecule has 3 aromatic rings. The lowest BCUT2D eigenvalue weighted by Crippen LogP contribution is -2.39. The highest BCUT2D eigenvalue weighted by Gasteiger charge is 2.07. The van der Waals surface area contributed by atoms with Gasteiger partial charge in [0.05, 0.1) is 10.7 Å². The second kappa shape index (κ2) is 10.8. The van der Waals surface area contributed by atoms with Crippen LogP contribution < -0.4 is 10.6 Å². The molecule has 0 aliphatic rings. The summed E-state index contributed by atoms with van der Waals surface area (Å²) in [7, 11) is 1.76. The summed E-state index contributed by atoms with van der Waals surface area (Å²) < 4.78 is 13.5. The number of fused-ring (bicyclic) bond motifs is 1. The number of hydrogen-bond donors (Lipinski definition) is 3. The van der Waals surface area contributed by atoms with Crippen molar-refractivity contribution in [3.8, 4) is 0 Å². The maximum absolute atomic E-state index is 13.5. The Morgan fingerprint density at radius 1 is 1.25 bits per heavy atom. The topological polar surface area (TPSA) is 65.1 Å². The van der Waals surface area contributed by atoms with E-state index in [0.717, 1.165) is 54.1 Å². The van der Waals surface area contributed by atoms with Gasteiger partial charge in [0.15, 0.2) is 5.96 Å². The lowest BCUT2D eigenvalue weighted by molar-refractivity contribution is 0.629. The third-order valence-electron chi connectivity index (χ3n) is 4.38. The molecular formula is C20H27FIN5S. The summed E-state index contributed by atoms with van der Waals surface area (Å²) in [6.45, 7) is 5.82. The Kier molecular flexibility index (Phi) is 8.68. The van der Waals surface area contributed by atoms with Crippen molar-refractivity contribution in [1.29, 1.82) is 0 Å². The Bertz CT molecular complexity index is 918. The summed E-state index contributed by atoms with van der Waals surface area (Å²) in [5.41, 5.74) is 3.17. The summed E-state index contributed by atoms with van der Waals surface area (Å²) in [5, 5.41) is 10.9. The predicted molar refractivity (Wildman–Crippen MR) is 127 cm³/mol. The first-order chi connectivity index (χ1) is 13.1. The first kappa shape index (κ1) is 22.6. The number of hydrogen-bond acceptors (Lipinski definition) is 3. The molecule has 0 radical (unpaired) electrons. The van der Waals surface area contributed by atoms with E-state index in [1.54, 1.807) is 30.5 Å². The van der Waals surface area contributed by atoms with Gasteiger partial charge >= 0.3 is 0 Å². The van der Waals surface area contributed by atoms with Crippen molar-refractivity contribution in [2.24, 2.45) is 4.99 Å². The molecule has 0 bridgehead atoms. The fourth-order valence-corrected chi connectivity index (χ4v) is 3.77. The van der Waals surface area contributed by atoms with Crippen molar-refractivity contribution < 1.29 is 4.39 Å². The van der Waals surface area contributed by atoms with Gasteiger partial charge in [-0.3, -0.25) is 4.99 Å². The average Bonchev–Trinajstić information content (AvgIpc) is 3.27. The van der Waals surface area contributed by atoms with E-state index >= 15 is 0 Å². The molecule has 0 atom stereocenters. The number of guanidine groups is 1. The molecule has 0 aliphatic heterocycles. The highest BCUT2D eigenvalue weighted by Crippen LogP contribution is 2.20. The summed E-state index contributed by atoms with van der Waals surface area (Å²) in [6, 6.07) is 4.82. The first-order valence-electron chi connectivity index (χ1n) is 9.21. The Morgan fingerprint density at radius 3 is 2.68 bits per heavy atom. The Labute approximate surface area is 186 Å². The second-order valence-electron chi connectivity index (χ2n) is 6.76. The van der Waals surface area contributed by atoms with Crippen molar-refractivity contribution in [2.45, 2.75) is 32.6 Å². The quantitative estimate of drug-likeness (QED) is 0.248. The lowest BCUT2D eigenvalue weighted by atomic mass is 10.1. The largest absolute Gasteiger partial charge is 0.361 e. The van der Waals surface area contributed by atoms with Gasteiger partial charge in [0.25, 0.3) is 0 Å².